The molecule has 1 amide bonds. The molecule has 0 unspecified atom stereocenters. The summed E-state index contributed by atoms with van der Waals surface area (Å²) in [4.78, 5) is 20.3. The van der Waals surface area contributed by atoms with Crippen molar-refractivity contribution in [2.45, 2.75) is 12.8 Å². The summed E-state index contributed by atoms with van der Waals surface area (Å²) in [6.45, 7) is 4.47. The van der Waals surface area contributed by atoms with Crippen LogP contribution >= 0.6 is 12.4 Å². The lowest BCUT2D eigenvalue weighted by Gasteiger charge is -2.34. The van der Waals surface area contributed by atoms with Crippen LogP contribution in [-0.4, -0.2) is 53.4 Å². The number of carbonyl (C=O) groups excluding carboxylic acids is 1. The van der Waals surface area contributed by atoms with Crippen LogP contribution in [-0.2, 0) is 11.2 Å². The maximum absolute atomic E-state index is 12.6. The fourth-order valence-electron chi connectivity index (χ4n) is 3.82. The second kappa shape index (κ2) is 10.3. The first-order chi connectivity index (χ1) is 13.8. The predicted octanol–water partition coefficient (Wildman–Crippen LogP) is 4.38. The van der Waals surface area contributed by atoms with Crippen LogP contribution in [0.4, 0.5) is 0 Å². The van der Waals surface area contributed by atoms with E-state index in [4.69, 9.17) is 0 Å². The zero-order valence-electron chi connectivity index (χ0n) is 16.6. The summed E-state index contributed by atoms with van der Waals surface area (Å²) in [6.07, 6.45) is 7.79. The van der Waals surface area contributed by atoms with Crippen molar-refractivity contribution in [3.05, 3.63) is 78.0 Å². The minimum absolute atomic E-state index is 0. The van der Waals surface area contributed by atoms with Crippen LogP contribution in [0.2, 0.25) is 0 Å². The van der Waals surface area contributed by atoms with Crippen molar-refractivity contribution in [1.82, 2.24) is 14.8 Å². The molecule has 152 valence electrons. The summed E-state index contributed by atoms with van der Waals surface area (Å²) in [5.74, 6) is 0.268. The highest BCUT2D eigenvalue weighted by atomic mass is 35.5. The van der Waals surface area contributed by atoms with E-state index < -0.39 is 0 Å². The molecule has 0 spiro atoms. The molecule has 5 heteroatoms. The first kappa shape index (κ1) is 21.2. The molecule has 0 bridgehead atoms. The Morgan fingerprint density at radius 3 is 2.48 bits per heavy atom. The predicted molar refractivity (Wildman–Crippen MR) is 122 cm³/mol. The number of nitrogens with zero attached hydrogens (tertiary/aromatic N) is 2. The van der Waals surface area contributed by atoms with Crippen LogP contribution in [0.25, 0.3) is 17.0 Å². The van der Waals surface area contributed by atoms with Crippen LogP contribution in [0.3, 0.4) is 0 Å². The smallest absolute Gasteiger partial charge is 0.222 e. The van der Waals surface area contributed by atoms with Gasteiger partial charge in [-0.3, -0.25) is 9.69 Å². The average molecular weight is 410 g/mol. The van der Waals surface area contributed by atoms with Gasteiger partial charge in [-0.25, -0.2) is 0 Å². The van der Waals surface area contributed by atoms with Crippen molar-refractivity contribution >= 4 is 35.3 Å². The number of halogens is 1. The van der Waals surface area contributed by atoms with Crippen molar-refractivity contribution in [2.75, 3.05) is 32.7 Å². The molecule has 3 aromatic rings. The summed E-state index contributed by atoms with van der Waals surface area (Å²) >= 11 is 0. The van der Waals surface area contributed by atoms with Crippen LogP contribution in [0, 0.1) is 0 Å². The molecule has 1 fully saturated rings. The molecule has 1 saturated heterocycles. The molecule has 1 aromatic heterocycles. The van der Waals surface area contributed by atoms with Crippen molar-refractivity contribution in [2.24, 2.45) is 0 Å². The van der Waals surface area contributed by atoms with Crippen molar-refractivity contribution < 1.29 is 4.79 Å². The van der Waals surface area contributed by atoms with Gasteiger partial charge < -0.3 is 9.88 Å². The van der Waals surface area contributed by atoms with Crippen LogP contribution in [0.15, 0.2) is 66.9 Å². The van der Waals surface area contributed by atoms with E-state index in [1.165, 1.54) is 16.5 Å². The first-order valence-electron chi connectivity index (χ1n) is 10.1. The van der Waals surface area contributed by atoms with E-state index in [0.717, 1.165) is 44.7 Å². The number of hydrogen-bond acceptors (Lipinski definition) is 2. The molecule has 1 N–H and O–H groups in total. The summed E-state index contributed by atoms with van der Waals surface area (Å²) in [5.41, 5.74) is 3.60. The van der Waals surface area contributed by atoms with Gasteiger partial charge in [-0.1, -0.05) is 60.7 Å². The Hall–Kier alpha value is -2.56. The van der Waals surface area contributed by atoms with Gasteiger partial charge in [0.2, 0.25) is 5.91 Å². The van der Waals surface area contributed by atoms with E-state index in [-0.39, 0.29) is 18.3 Å². The molecule has 0 atom stereocenters. The third-order valence-corrected chi connectivity index (χ3v) is 5.48. The molecule has 0 aliphatic carbocycles. The van der Waals surface area contributed by atoms with Gasteiger partial charge in [0.1, 0.15) is 0 Å². The Morgan fingerprint density at radius 2 is 1.69 bits per heavy atom. The lowest BCUT2D eigenvalue weighted by atomic mass is 10.1. The van der Waals surface area contributed by atoms with E-state index in [2.05, 4.69) is 58.4 Å². The molecule has 1 aliphatic heterocycles. The average Bonchev–Trinajstić information content (AvgIpc) is 3.16. The zero-order valence-corrected chi connectivity index (χ0v) is 17.4. The number of rotatable bonds is 6. The number of amides is 1. The minimum atomic E-state index is 0. The number of benzene rings is 2. The highest BCUT2D eigenvalue weighted by molar-refractivity contribution is 5.85. The highest BCUT2D eigenvalue weighted by Gasteiger charge is 2.20. The number of aromatic amines is 1. The standard InChI is InChI=1S/C24H27N3O.ClH/c28-24(13-12-21-19-25-23-11-5-4-10-22(21)23)27-17-15-26(16-18-27)14-6-9-20-7-2-1-3-8-20;/h1-11,19,25H,12-18H2;1H. The van der Waals surface area contributed by atoms with Crippen molar-refractivity contribution in [3.63, 3.8) is 0 Å². The molecule has 4 rings (SSSR count). The second-order valence-corrected chi connectivity index (χ2v) is 7.35. The topological polar surface area (TPSA) is 39.3 Å². The van der Waals surface area contributed by atoms with Crippen LogP contribution in [0.1, 0.15) is 17.5 Å². The van der Waals surface area contributed by atoms with E-state index in [9.17, 15) is 4.79 Å². The summed E-state index contributed by atoms with van der Waals surface area (Å²) in [6, 6.07) is 18.6. The lowest BCUT2D eigenvalue weighted by Crippen LogP contribution is -2.48. The Kier molecular flexibility index (Phi) is 7.50. The molecule has 0 radical (unpaired) electrons. The van der Waals surface area contributed by atoms with Gasteiger partial charge in [0, 0.05) is 56.2 Å². The van der Waals surface area contributed by atoms with E-state index in [1.807, 2.05) is 29.3 Å². The summed E-state index contributed by atoms with van der Waals surface area (Å²) in [7, 11) is 0. The fourth-order valence-corrected chi connectivity index (χ4v) is 3.82. The van der Waals surface area contributed by atoms with E-state index in [1.54, 1.807) is 0 Å². The Bertz CT molecular complexity index is 943. The third kappa shape index (κ3) is 5.49. The lowest BCUT2D eigenvalue weighted by molar-refractivity contribution is -0.132. The number of hydrogen-bond donors (Lipinski definition) is 1. The van der Waals surface area contributed by atoms with Crippen molar-refractivity contribution in [1.29, 1.82) is 0 Å². The molecule has 0 saturated carbocycles. The van der Waals surface area contributed by atoms with E-state index in [0.29, 0.717) is 6.42 Å². The molecule has 2 heterocycles. The fraction of sp³-hybridized carbons (Fsp3) is 0.292. The Labute approximate surface area is 178 Å². The Balaban J connectivity index is 0.00000240. The van der Waals surface area contributed by atoms with Crippen LogP contribution < -0.4 is 0 Å². The molecular weight excluding hydrogens is 382 g/mol. The number of carbonyl (C=O) groups is 1. The van der Waals surface area contributed by atoms with Gasteiger partial charge in [-0.05, 0) is 23.6 Å². The first-order valence-corrected chi connectivity index (χ1v) is 10.1. The number of nitrogens with one attached hydrogen (secondary N) is 1. The minimum Gasteiger partial charge on any atom is -0.361 e. The van der Waals surface area contributed by atoms with Gasteiger partial charge in [-0.2, -0.15) is 0 Å². The summed E-state index contributed by atoms with van der Waals surface area (Å²) in [5, 5.41) is 1.23. The normalized spacial score (nSPS) is 15.0. The monoisotopic (exact) mass is 409 g/mol. The largest absolute Gasteiger partial charge is 0.361 e. The number of H-pyrrole nitrogens is 1. The van der Waals surface area contributed by atoms with Gasteiger partial charge in [0.15, 0.2) is 0 Å². The molecule has 1 aliphatic rings. The quantitative estimate of drug-likeness (QED) is 0.656. The molecule has 2 aromatic carbocycles. The molecular formula is C24H28ClN3O. The van der Waals surface area contributed by atoms with Gasteiger partial charge in [-0.15, -0.1) is 12.4 Å². The third-order valence-electron chi connectivity index (χ3n) is 5.48. The zero-order chi connectivity index (χ0) is 19.2. The summed E-state index contributed by atoms with van der Waals surface area (Å²) < 4.78 is 0. The van der Waals surface area contributed by atoms with Crippen LogP contribution in [0.5, 0.6) is 0 Å². The van der Waals surface area contributed by atoms with E-state index >= 15 is 0 Å². The van der Waals surface area contributed by atoms with Gasteiger partial charge in [0.25, 0.3) is 0 Å². The number of fused-ring (bicyclic) bond motifs is 1. The number of aromatic nitrogens is 1. The van der Waals surface area contributed by atoms with Crippen molar-refractivity contribution in [3.8, 4) is 0 Å². The number of para-hydroxylation sites is 1. The maximum atomic E-state index is 12.6. The maximum Gasteiger partial charge on any atom is 0.222 e. The second-order valence-electron chi connectivity index (χ2n) is 7.35. The SMILES string of the molecule is Cl.O=C(CCc1c[nH]c2ccccc12)N1CCN(CC=Cc2ccccc2)CC1. The van der Waals surface area contributed by atoms with Gasteiger partial charge >= 0.3 is 0 Å². The molecule has 4 nitrogen and oxygen atoms in total. The number of aryl methyl sites for hydroxylation is 1. The molecule has 29 heavy (non-hydrogen) atoms. The van der Waals surface area contributed by atoms with Gasteiger partial charge in [0.05, 0.1) is 0 Å². The number of piperazine rings is 1. The highest BCUT2D eigenvalue weighted by Crippen LogP contribution is 2.19. The Morgan fingerprint density at radius 1 is 0.966 bits per heavy atom.